The molecule has 4 rings (SSSR count). The minimum Gasteiger partial charge on any atom is -0.192 e. The summed E-state index contributed by atoms with van der Waals surface area (Å²) in [6.45, 7) is 2.12. The molecule has 0 bridgehead atoms. The average Bonchev–Trinajstić information content (AvgIpc) is 2.95. The molecular weight excluding hydrogens is 296 g/mol. The molecule has 4 aliphatic rings. The Kier molecular flexibility index (Phi) is 3.54. The van der Waals surface area contributed by atoms with Gasteiger partial charge in [-0.25, -0.2) is 0 Å². The van der Waals surface area contributed by atoms with Gasteiger partial charge in [0.25, 0.3) is 0 Å². The molecular formula is C20H18N4. The summed E-state index contributed by atoms with van der Waals surface area (Å²) in [6, 6.07) is 4.54. The standard InChI is InChI=1S/C20H18N4/c1-12-18-14-6-2-3-7-15(14)19(13(10-21)11-22)16-8-4-5-9-17(16)20(18)24-23-12/h2-9,12,14-18,20H,1H3/t12?,14?,15?,16?,17?,18-,20+/m1/s1. The number of nitriles is 2. The largest absolute Gasteiger partial charge is 0.192 e. The van der Waals surface area contributed by atoms with Gasteiger partial charge in [0.15, 0.2) is 0 Å². The van der Waals surface area contributed by atoms with Crippen LogP contribution in [0, 0.1) is 52.3 Å². The van der Waals surface area contributed by atoms with Gasteiger partial charge in [0.2, 0.25) is 0 Å². The Morgan fingerprint density at radius 2 is 1.46 bits per heavy atom. The second-order valence-corrected chi connectivity index (χ2v) is 6.84. The van der Waals surface area contributed by atoms with Gasteiger partial charge in [0.05, 0.1) is 12.1 Å². The lowest BCUT2D eigenvalue weighted by Crippen LogP contribution is -2.35. The van der Waals surface area contributed by atoms with E-state index in [0.29, 0.717) is 5.92 Å². The number of fused-ring (bicyclic) bond motifs is 5. The van der Waals surface area contributed by atoms with Crippen molar-refractivity contribution >= 4 is 0 Å². The molecule has 118 valence electrons. The van der Waals surface area contributed by atoms with E-state index in [4.69, 9.17) is 0 Å². The molecule has 4 nitrogen and oxygen atoms in total. The SMILES string of the molecule is CC1N=N[C@H]2C3C=CC=CC3C(=C(C#N)C#N)C3C=CC=CC3[C@@H]12. The number of hydrogen-bond donors (Lipinski definition) is 0. The summed E-state index contributed by atoms with van der Waals surface area (Å²) in [5.41, 5.74) is 1.21. The third-order valence-corrected chi connectivity index (χ3v) is 5.76. The summed E-state index contributed by atoms with van der Waals surface area (Å²) in [5.74, 6) is 0.786. The van der Waals surface area contributed by atoms with Crippen LogP contribution in [0.1, 0.15) is 6.92 Å². The Hall–Kier alpha value is -2.72. The lowest BCUT2D eigenvalue weighted by molar-refractivity contribution is 0.278. The van der Waals surface area contributed by atoms with Crippen LogP contribution in [0.4, 0.5) is 0 Å². The maximum absolute atomic E-state index is 9.55. The van der Waals surface area contributed by atoms with Crippen LogP contribution in [0.25, 0.3) is 0 Å². The number of rotatable bonds is 0. The molecule has 1 heterocycles. The normalized spacial score (nSPS) is 41.0. The van der Waals surface area contributed by atoms with Crippen molar-refractivity contribution in [3.8, 4) is 12.1 Å². The highest BCUT2D eigenvalue weighted by molar-refractivity contribution is 5.48. The van der Waals surface area contributed by atoms with Crippen LogP contribution in [-0.4, -0.2) is 12.1 Å². The zero-order valence-corrected chi connectivity index (χ0v) is 13.4. The topological polar surface area (TPSA) is 72.3 Å². The predicted octanol–water partition coefficient (Wildman–Crippen LogP) is 3.90. The highest BCUT2D eigenvalue weighted by Crippen LogP contribution is 2.52. The summed E-state index contributed by atoms with van der Waals surface area (Å²) in [7, 11) is 0. The molecule has 1 saturated carbocycles. The third-order valence-electron chi connectivity index (χ3n) is 5.76. The molecule has 3 aliphatic carbocycles. The quantitative estimate of drug-likeness (QED) is 0.636. The molecule has 0 aromatic carbocycles. The van der Waals surface area contributed by atoms with E-state index in [0.717, 1.165) is 5.57 Å². The molecule has 7 atom stereocenters. The van der Waals surface area contributed by atoms with Crippen LogP contribution in [0.15, 0.2) is 70.0 Å². The van der Waals surface area contributed by atoms with E-state index in [1.807, 2.05) is 18.2 Å². The Morgan fingerprint density at radius 3 is 2.12 bits per heavy atom. The smallest absolute Gasteiger partial charge is 0.130 e. The lowest BCUT2D eigenvalue weighted by atomic mass is 9.72. The summed E-state index contributed by atoms with van der Waals surface area (Å²) in [4.78, 5) is 0. The second kappa shape index (κ2) is 5.73. The summed E-state index contributed by atoms with van der Waals surface area (Å²) in [5, 5.41) is 28.2. The van der Waals surface area contributed by atoms with Gasteiger partial charge in [0, 0.05) is 23.7 Å². The van der Waals surface area contributed by atoms with Crippen LogP contribution in [0.5, 0.6) is 0 Å². The number of hydrogen-bond acceptors (Lipinski definition) is 4. The van der Waals surface area contributed by atoms with Crippen LogP contribution in [0.3, 0.4) is 0 Å². The molecule has 0 aromatic heterocycles. The van der Waals surface area contributed by atoms with Gasteiger partial charge in [-0.2, -0.15) is 20.8 Å². The van der Waals surface area contributed by atoms with Crippen molar-refractivity contribution in [3.05, 3.63) is 59.8 Å². The van der Waals surface area contributed by atoms with Gasteiger partial charge >= 0.3 is 0 Å². The van der Waals surface area contributed by atoms with E-state index in [1.54, 1.807) is 0 Å². The van der Waals surface area contributed by atoms with Gasteiger partial charge in [-0.05, 0) is 18.4 Å². The van der Waals surface area contributed by atoms with Crippen molar-refractivity contribution in [1.82, 2.24) is 0 Å². The van der Waals surface area contributed by atoms with Crippen LogP contribution in [0.2, 0.25) is 0 Å². The van der Waals surface area contributed by atoms with Crippen molar-refractivity contribution < 1.29 is 0 Å². The van der Waals surface area contributed by atoms with Gasteiger partial charge in [0.1, 0.15) is 17.7 Å². The Labute approximate surface area is 141 Å². The number of azo groups is 1. The van der Waals surface area contributed by atoms with E-state index in [9.17, 15) is 10.5 Å². The first-order valence-electron chi connectivity index (χ1n) is 8.40. The monoisotopic (exact) mass is 314 g/mol. The fourth-order valence-electron chi connectivity index (χ4n) is 4.78. The fraction of sp³-hybridized carbons (Fsp3) is 0.400. The molecule has 1 fully saturated rings. The van der Waals surface area contributed by atoms with Gasteiger partial charge in [-0.1, -0.05) is 48.6 Å². The lowest BCUT2D eigenvalue weighted by Gasteiger charge is -2.31. The first-order valence-corrected chi connectivity index (χ1v) is 8.40. The number of nitrogens with zero attached hydrogens (tertiary/aromatic N) is 4. The second-order valence-electron chi connectivity index (χ2n) is 6.84. The summed E-state index contributed by atoms with van der Waals surface area (Å²) in [6.07, 6.45) is 16.8. The van der Waals surface area contributed by atoms with E-state index < -0.39 is 0 Å². The molecule has 1 aliphatic heterocycles. The van der Waals surface area contributed by atoms with Gasteiger partial charge in [-0.15, -0.1) is 0 Å². The third kappa shape index (κ3) is 2.03. The summed E-state index contributed by atoms with van der Waals surface area (Å²) < 4.78 is 0. The zero-order valence-electron chi connectivity index (χ0n) is 13.4. The molecule has 0 N–H and O–H groups in total. The van der Waals surface area contributed by atoms with E-state index in [1.165, 1.54) is 0 Å². The molecule has 0 amide bonds. The molecule has 0 saturated heterocycles. The summed E-state index contributed by atoms with van der Waals surface area (Å²) >= 11 is 0. The van der Waals surface area contributed by atoms with Crippen LogP contribution >= 0.6 is 0 Å². The van der Waals surface area contributed by atoms with Crippen LogP contribution < -0.4 is 0 Å². The molecule has 4 heteroatoms. The maximum Gasteiger partial charge on any atom is 0.130 e. The minimum atomic E-state index is 0.0344. The van der Waals surface area contributed by atoms with Crippen LogP contribution in [-0.2, 0) is 0 Å². The minimum absolute atomic E-state index is 0.0344. The van der Waals surface area contributed by atoms with Crippen molar-refractivity contribution in [1.29, 1.82) is 10.5 Å². The molecule has 0 radical (unpaired) electrons. The zero-order chi connectivity index (χ0) is 16.7. The Bertz CT molecular complexity index is 796. The highest BCUT2D eigenvalue weighted by atomic mass is 15.2. The molecule has 0 spiro atoms. The molecule has 0 aromatic rings. The first kappa shape index (κ1) is 14.8. The van der Waals surface area contributed by atoms with E-state index >= 15 is 0 Å². The maximum atomic E-state index is 9.55. The Morgan fingerprint density at radius 1 is 0.875 bits per heavy atom. The highest BCUT2D eigenvalue weighted by Gasteiger charge is 2.51. The Balaban J connectivity index is 1.95. The van der Waals surface area contributed by atoms with Gasteiger partial charge < -0.3 is 0 Å². The fourth-order valence-corrected chi connectivity index (χ4v) is 4.78. The van der Waals surface area contributed by atoms with Crippen molar-refractivity contribution in [2.24, 2.45) is 39.8 Å². The van der Waals surface area contributed by atoms with Crippen molar-refractivity contribution in [2.45, 2.75) is 19.0 Å². The van der Waals surface area contributed by atoms with E-state index in [2.05, 4.69) is 59.7 Å². The number of allylic oxidation sites excluding steroid dienone is 9. The van der Waals surface area contributed by atoms with Crippen molar-refractivity contribution in [2.75, 3.05) is 0 Å². The van der Waals surface area contributed by atoms with Gasteiger partial charge in [-0.3, -0.25) is 0 Å². The van der Waals surface area contributed by atoms with Crippen molar-refractivity contribution in [3.63, 3.8) is 0 Å². The van der Waals surface area contributed by atoms with E-state index in [-0.39, 0.29) is 41.3 Å². The first-order chi connectivity index (χ1) is 11.8. The molecule has 24 heavy (non-hydrogen) atoms. The predicted molar refractivity (Wildman–Crippen MR) is 90.4 cm³/mol. The average molecular weight is 314 g/mol. The molecule has 5 unspecified atom stereocenters.